The molecule has 7 heteroatoms. The Bertz CT molecular complexity index is 868. The molecular weight excluding hydrogens is 348 g/mol. The predicted octanol–water partition coefficient (Wildman–Crippen LogP) is 2.44. The van der Waals surface area contributed by atoms with E-state index < -0.39 is 0 Å². The number of amides is 1. The van der Waals surface area contributed by atoms with Crippen LogP contribution in [-0.4, -0.2) is 46.5 Å². The zero-order valence-electron chi connectivity index (χ0n) is 15.0. The van der Waals surface area contributed by atoms with E-state index in [9.17, 15) is 9.59 Å². The molecule has 1 aliphatic rings. The van der Waals surface area contributed by atoms with Crippen molar-refractivity contribution >= 4 is 29.0 Å². The van der Waals surface area contributed by atoms with Crippen LogP contribution in [0, 0.1) is 4.77 Å². The highest BCUT2D eigenvalue weighted by molar-refractivity contribution is 7.71. The number of hydrogen-bond donors (Lipinski definition) is 2. The Balaban J connectivity index is 1.48. The quantitative estimate of drug-likeness (QED) is 0.577. The summed E-state index contributed by atoms with van der Waals surface area (Å²) in [6.07, 6.45) is 5.12. The van der Waals surface area contributed by atoms with Crippen LogP contribution in [0.2, 0.25) is 0 Å². The van der Waals surface area contributed by atoms with Gasteiger partial charge in [0.1, 0.15) is 0 Å². The largest absolute Gasteiger partial charge is 0.356 e. The molecule has 1 aromatic heterocycles. The highest BCUT2D eigenvalue weighted by Crippen LogP contribution is 2.08. The molecule has 1 saturated heterocycles. The monoisotopic (exact) mass is 374 g/mol. The Labute approximate surface area is 158 Å². The van der Waals surface area contributed by atoms with Crippen LogP contribution in [0.15, 0.2) is 29.1 Å². The molecule has 0 atom stereocenters. The fraction of sp³-hybridized carbons (Fsp3) is 0.526. The van der Waals surface area contributed by atoms with Gasteiger partial charge in [-0.15, -0.1) is 0 Å². The third kappa shape index (κ3) is 4.80. The molecule has 2 heterocycles. The first-order valence-electron chi connectivity index (χ1n) is 9.36. The average Bonchev–Trinajstić information content (AvgIpc) is 2.66. The van der Waals surface area contributed by atoms with Crippen molar-refractivity contribution in [2.45, 2.75) is 38.6 Å². The summed E-state index contributed by atoms with van der Waals surface area (Å²) in [5, 5.41) is 3.53. The van der Waals surface area contributed by atoms with E-state index in [1.54, 1.807) is 6.07 Å². The van der Waals surface area contributed by atoms with Crippen molar-refractivity contribution in [2.24, 2.45) is 0 Å². The molecule has 0 spiro atoms. The number of piperidine rings is 1. The minimum Gasteiger partial charge on any atom is -0.356 e. The number of aromatic amines is 1. The van der Waals surface area contributed by atoms with Crippen molar-refractivity contribution in [3.05, 3.63) is 39.4 Å². The van der Waals surface area contributed by atoms with Crippen LogP contribution in [0.1, 0.15) is 32.1 Å². The first-order valence-corrected chi connectivity index (χ1v) is 9.77. The van der Waals surface area contributed by atoms with Crippen molar-refractivity contribution in [2.75, 3.05) is 26.2 Å². The molecule has 2 aromatic rings. The van der Waals surface area contributed by atoms with Crippen LogP contribution in [-0.2, 0) is 11.3 Å². The summed E-state index contributed by atoms with van der Waals surface area (Å²) >= 11 is 5.27. The molecule has 140 valence electrons. The van der Waals surface area contributed by atoms with Crippen molar-refractivity contribution < 1.29 is 4.79 Å². The number of nitrogens with zero attached hydrogens (tertiary/aromatic N) is 2. The third-order valence-corrected chi connectivity index (χ3v) is 5.20. The number of benzene rings is 1. The molecule has 0 saturated carbocycles. The molecule has 0 radical (unpaired) electrons. The highest BCUT2D eigenvalue weighted by Gasteiger charge is 2.10. The van der Waals surface area contributed by atoms with Crippen LogP contribution < -0.4 is 10.9 Å². The molecule has 1 fully saturated rings. The standard InChI is InChI=1S/C19H26N4O2S/c24-17(20-10-6-13-22-11-4-1-5-12-22)9-14-23-18(25)15-7-2-3-8-16(15)21-19(23)26/h2-3,7-8H,1,4-6,9-14H2,(H,20,24)(H,21,26). The van der Waals surface area contributed by atoms with E-state index in [1.165, 1.54) is 36.9 Å². The van der Waals surface area contributed by atoms with E-state index in [0.717, 1.165) is 18.5 Å². The van der Waals surface area contributed by atoms with Gasteiger partial charge in [0, 0.05) is 19.5 Å². The van der Waals surface area contributed by atoms with Crippen molar-refractivity contribution in [1.82, 2.24) is 19.8 Å². The van der Waals surface area contributed by atoms with Gasteiger partial charge in [-0.3, -0.25) is 14.2 Å². The van der Waals surface area contributed by atoms with Gasteiger partial charge in [0.25, 0.3) is 5.56 Å². The molecular formula is C19H26N4O2S. The Morgan fingerprint density at radius 1 is 1.15 bits per heavy atom. The highest BCUT2D eigenvalue weighted by atomic mass is 32.1. The summed E-state index contributed by atoms with van der Waals surface area (Å²) in [6, 6.07) is 7.26. The summed E-state index contributed by atoms with van der Waals surface area (Å²) in [4.78, 5) is 30.1. The molecule has 1 aliphatic heterocycles. The number of hydrogen-bond acceptors (Lipinski definition) is 4. The molecule has 0 unspecified atom stereocenters. The maximum atomic E-state index is 12.5. The molecule has 0 bridgehead atoms. The van der Waals surface area contributed by atoms with E-state index in [2.05, 4.69) is 15.2 Å². The number of aromatic nitrogens is 2. The van der Waals surface area contributed by atoms with E-state index >= 15 is 0 Å². The summed E-state index contributed by atoms with van der Waals surface area (Å²) in [7, 11) is 0. The lowest BCUT2D eigenvalue weighted by Gasteiger charge is -2.26. The Hall–Kier alpha value is -1.99. The lowest BCUT2D eigenvalue weighted by molar-refractivity contribution is -0.121. The lowest BCUT2D eigenvalue weighted by atomic mass is 10.1. The number of para-hydroxylation sites is 1. The first kappa shape index (κ1) is 18.8. The Morgan fingerprint density at radius 3 is 2.73 bits per heavy atom. The molecule has 26 heavy (non-hydrogen) atoms. The van der Waals surface area contributed by atoms with Crippen molar-refractivity contribution in [3.63, 3.8) is 0 Å². The second-order valence-electron chi connectivity index (χ2n) is 6.79. The molecule has 2 N–H and O–H groups in total. The van der Waals surface area contributed by atoms with Gasteiger partial charge in [-0.05, 0) is 63.2 Å². The molecule has 1 amide bonds. The van der Waals surface area contributed by atoms with Crippen molar-refractivity contribution in [3.8, 4) is 0 Å². The van der Waals surface area contributed by atoms with Gasteiger partial charge in [-0.1, -0.05) is 18.6 Å². The van der Waals surface area contributed by atoms with Gasteiger partial charge in [0.15, 0.2) is 4.77 Å². The fourth-order valence-corrected chi connectivity index (χ4v) is 3.70. The van der Waals surface area contributed by atoms with Gasteiger partial charge in [-0.2, -0.15) is 0 Å². The Kier molecular flexibility index (Phi) is 6.57. The number of rotatable bonds is 7. The van der Waals surface area contributed by atoms with Crippen LogP contribution in [0.5, 0.6) is 0 Å². The van der Waals surface area contributed by atoms with E-state index in [0.29, 0.717) is 16.7 Å². The Morgan fingerprint density at radius 2 is 1.92 bits per heavy atom. The second-order valence-corrected chi connectivity index (χ2v) is 7.18. The summed E-state index contributed by atoms with van der Waals surface area (Å²) in [6.45, 7) is 4.36. The number of fused-ring (bicyclic) bond motifs is 1. The molecule has 1 aromatic carbocycles. The smallest absolute Gasteiger partial charge is 0.262 e. The molecule has 0 aliphatic carbocycles. The number of nitrogens with one attached hydrogen (secondary N) is 2. The molecule has 3 rings (SSSR count). The maximum Gasteiger partial charge on any atom is 0.262 e. The van der Waals surface area contributed by atoms with E-state index in [4.69, 9.17) is 12.2 Å². The zero-order chi connectivity index (χ0) is 18.4. The van der Waals surface area contributed by atoms with E-state index in [-0.39, 0.29) is 24.4 Å². The van der Waals surface area contributed by atoms with Gasteiger partial charge in [0.05, 0.1) is 10.9 Å². The van der Waals surface area contributed by atoms with Gasteiger partial charge >= 0.3 is 0 Å². The summed E-state index contributed by atoms with van der Waals surface area (Å²) in [5.74, 6) is -0.0434. The van der Waals surface area contributed by atoms with Gasteiger partial charge in [-0.25, -0.2) is 0 Å². The topological polar surface area (TPSA) is 70.1 Å². The fourth-order valence-electron chi connectivity index (χ4n) is 3.42. The van der Waals surface area contributed by atoms with Crippen LogP contribution in [0.25, 0.3) is 10.9 Å². The van der Waals surface area contributed by atoms with E-state index in [1.807, 2.05) is 18.2 Å². The number of H-pyrrole nitrogens is 1. The van der Waals surface area contributed by atoms with Crippen LogP contribution in [0.4, 0.5) is 0 Å². The number of likely N-dealkylation sites (tertiary alicyclic amines) is 1. The first-order chi connectivity index (χ1) is 12.6. The van der Waals surface area contributed by atoms with Crippen molar-refractivity contribution in [1.29, 1.82) is 0 Å². The number of carbonyl (C=O) groups excluding carboxylic acids is 1. The SMILES string of the molecule is O=C(CCn1c(=S)[nH]c2ccccc2c1=O)NCCCN1CCCCC1. The van der Waals surface area contributed by atoms with Gasteiger partial charge < -0.3 is 15.2 Å². The molecule has 6 nitrogen and oxygen atoms in total. The summed E-state index contributed by atoms with van der Waals surface area (Å²) < 4.78 is 1.82. The average molecular weight is 375 g/mol. The zero-order valence-corrected chi connectivity index (χ0v) is 15.8. The minimum absolute atomic E-state index is 0.0434. The normalized spacial score (nSPS) is 15.2. The third-order valence-electron chi connectivity index (χ3n) is 4.87. The minimum atomic E-state index is -0.151. The van der Waals surface area contributed by atoms with Crippen LogP contribution in [0.3, 0.4) is 0 Å². The lowest BCUT2D eigenvalue weighted by Crippen LogP contribution is -2.33. The van der Waals surface area contributed by atoms with Crippen LogP contribution >= 0.6 is 12.2 Å². The predicted molar refractivity (Wildman–Crippen MR) is 106 cm³/mol. The van der Waals surface area contributed by atoms with Gasteiger partial charge in [0.2, 0.25) is 5.91 Å². The second kappa shape index (κ2) is 9.09. The number of carbonyl (C=O) groups is 1. The maximum absolute atomic E-state index is 12.5. The summed E-state index contributed by atoms with van der Waals surface area (Å²) in [5.41, 5.74) is 0.572.